The second-order valence-electron chi connectivity index (χ2n) is 5.08. The van der Waals surface area contributed by atoms with Crippen molar-refractivity contribution in [2.24, 2.45) is 10.9 Å². The maximum Gasteiger partial charge on any atom is 0.416 e. The highest BCUT2D eigenvalue weighted by atomic mass is 19.4. The van der Waals surface area contributed by atoms with E-state index in [1.165, 1.54) is 12.1 Å². The van der Waals surface area contributed by atoms with E-state index in [-0.39, 0.29) is 0 Å². The van der Waals surface area contributed by atoms with Gasteiger partial charge in [0.15, 0.2) is 5.96 Å². The third-order valence-corrected chi connectivity index (χ3v) is 3.40. The van der Waals surface area contributed by atoms with Crippen molar-refractivity contribution in [2.45, 2.75) is 32.1 Å². The standard InChI is InChI=1S/C14H18F3N3/c1-9-7-12(9)20-13(18-2)19-8-10-3-5-11(6-4-10)14(15,16)17/h3-6,9,12H,7-8H2,1-2H3,(H2,18,19,20). The molecule has 1 aromatic rings. The second-order valence-corrected chi connectivity index (χ2v) is 5.08. The number of alkyl halides is 3. The van der Waals surface area contributed by atoms with Crippen molar-refractivity contribution in [3.8, 4) is 0 Å². The summed E-state index contributed by atoms with van der Waals surface area (Å²) in [7, 11) is 1.68. The maximum absolute atomic E-state index is 12.4. The fourth-order valence-corrected chi connectivity index (χ4v) is 1.89. The van der Waals surface area contributed by atoms with E-state index < -0.39 is 11.7 Å². The highest BCUT2D eigenvalue weighted by Gasteiger charge is 2.33. The lowest BCUT2D eigenvalue weighted by Crippen LogP contribution is -2.38. The topological polar surface area (TPSA) is 36.4 Å². The van der Waals surface area contributed by atoms with E-state index in [9.17, 15) is 13.2 Å². The van der Waals surface area contributed by atoms with Crippen LogP contribution in [0.4, 0.5) is 13.2 Å². The van der Waals surface area contributed by atoms with E-state index in [2.05, 4.69) is 22.5 Å². The molecule has 6 heteroatoms. The highest BCUT2D eigenvalue weighted by Crippen LogP contribution is 2.29. The van der Waals surface area contributed by atoms with E-state index in [1.807, 2.05) is 0 Å². The Morgan fingerprint density at radius 1 is 1.30 bits per heavy atom. The molecule has 1 aromatic carbocycles. The number of hydrogen-bond donors (Lipinski definition) is 2. The lowest BCUT2D eigenvalue weighted by Gasteiger charge is -2.12. The molecule has 0 saturated heterocycles. The Kier molecular flexibility index (Phi) is 4.20. The smallest absolute Gasteiger partial charge is 0.353 e. The Morgan fingerprint density at radius 3 is 2.35 bits per heavy atom. The van der Waals surface area contributed by atoms with Crippen LogP contribution >= 0.6 is 0 Å². The molecule has 0 amide bonds. The average Bonchev–Trinajstić information content (AvgIpc) is 3.09. The van der Waals surface area contributed by atoms with Crippen LogP contribution in [0.3, 0.4) is 0 Å². The van der Waals surface area contributed by atoms with Crippen molar-refractivity contribution in [2.75, 3.05) is 7.05 Å². The molecule has 2 rings (SSSR count). The Hall–Kier alpha value is -1.72. The third kappa shape index (κ3) is 3.88. The van der Waals surface area contributed by atoms with Gasteiger partial charge in [-0.3, -0.25) is 4.99 Å². The van der Waals surface area contributed by atoms with Crippen LogP contribution in [0.15, 0.2) is 29.3 Å². The number of hydrogen-bond acceptors (Lipinski definition) is 1. The molecule has 0 spiro atoms. The summed E-state index contributed by atoms with van der Waals surface area (Å²) in [4.78, 5) is 4.09. The lowest BCUT2D eigenvalue weighted by atomic mass is 10.1. The zero-order valence-corrected chi connectivity index (χ0v) is 11.5. The van der Waals surface area contributed by atoms with Gasteiger partial charge in [0.05, 0.1) is 5.56 Å². The zero-order chi connectivity index (χ0) is 14.8. The fourth-order valence-electron chi connectivity index (χ4n) is 1.89. The van der Waals surface area contributed by atoms with Crippen LogP contribution in [0.1, 0.15) is 24.5 Å². The number of guanidine groups is 1. The Bertz CT molecular complexity index is 479. The quantitative estimate of drug-likeness (QED) is 0.662. The van der Waals surface area contributed by atoms with Gasteiger partial charge in [-0.15, -0.1) is 0 Å². The summed E-state index contributed by atoms with van der Waals surface area (Å²) in [5, 5.41) is 6.35. The van der Waals surface area contributed by atoms with Gasteiger partial charge in [-0.2, -0.15) is 13.2 Å². The van der Waals surface area contributed by atoms with Gasteiger partial charge in [-0.25, -0.2) is 0 Å². The van der Waals surface area contributed by atoms with Gasteiger partial charge in [0.25, 0.3) is 0 Å². The summed E-state index contributed by atoms with van der Waals surface area (Å²) in [6, 6.07) is 5.59. The first-order valence-corrected chi connectivity index (χ1v) is 6.53. The first kappa shape index (κ1) is 14.7. The lowest BCUT2D eigenvalue weighted by molar-refractivity contribution is -0.137. The Balaban J connectivity index is 1.87. The van der Waals surface area contributed by atoms with Crippen molar-refractivity contribution >= 4 is 5.96 Å². The Morgan fingerprint density at radius 2 is 1.90 bits per heavy atom. The van der Waals surface area contributed by atoms with Crippen LogP contribution < -0.4 is 10.6 Å². The minimum absolute atomic E-state index is 0.443. The second kappa shape index (κ2) is 5.73. The zero-order valence-electron chi connectivity index (χ0n) is 11.5. The molecule has 2 atom stereocenters. The van der Waals surface area contributed by atoms with Gasteiger partial charge in [0, 0.05) is 19.6 Å². The molecule has 0 heterocycles. The van der Waals surface area contributed by atoms with Gasteiger partial charge in [-0.1, -0.05) is 19.1 Å². The van der Waals surface area contributed by atoms with E-state index >= 15 is 0 Å². The van der Waals surface area contributed by atoms with Gasteiger partial charge in [-0.05, 0) is 30.0 Å². The maximum atomic E-state index is 12.4. The van der Waals surface area contributed by atoms with Crippen LogP contribution in [0.25, 0.3) is 0 Å². The summed E-state index contributed by atoms with van der Waals surface area (Å²) in [6.07, 6.45) is -3.16. The largest absolute Gasteiger partial charge is 0.416 e. The number of rotatable bonds is 3. The van der Waals surface area contributed by atoms with Crippen LogP contribution in [0.2, 0.25) is 0 Å². The summed E-state index contributed by atoms with van der Waals surface area (Å²) >= 11 is 0. The molecule has 20 heavy (non-hydrogen) atoms. The summed E-state index contributed by atoms with van der Waals surface area (Å²) < 4.78 is 37.3. The van der Waals surface area contributed by atoms with Gasteiger partial charge < -0.3 is 10.6 Å². The van der Waals surface area contributed by atoms with Crippen molar-refractivity contribution in [1.82, 2.24) is 10.6 Å². The van der Waals surface area contributed by atoms with Crippen LogP contribution in [0, 0.1) is 5.92 Å². The highest BCUT2D eigenvalue weighted by molar-refractivity contribution is 5.80. The molecular formula is C14H18F3N3. The molecule has 3 nitrogen and oxygen atoms in total. The van der Waals surface area contributed by atoms with Crippen LogP contribution in [-0.2, 0) is 12.7 Å². The normalized spacial score (nSPS) is 22.6. The summed E-state index contributed by atoms with van der Waals surface area (Å²) in [5.41, 5.74) is 0.153. The molecule has 0 aromatic heterocycles. The fraction of sp³-hybridized carbons (Fsp3) is 0.500. The van der Waals surface area contributed by atoms with E-state index in [4.69, 9.17) is 0 Å². The number of nitrogens with one attached hydrogen (secondary N) is 2. The third-order valence-electron chi connectivity index (χ3n) is 3.40. The SMILES string of the molecule is CN=C(NCc1ccc(C(F)(F)F)cc1)NC1CC1C. The first-order valence-electron chi connectivity index (χ1n) is 6.53. The van der Waals surface area contributed by atoms with Crippen molar-refractivity contribution in [3.63, 3.8) is 0 Å². The molecule has 1 fully saturated rings. The van der Waals surface area contributed by atoms with Gasteiger partial charge in [0.1, 0.15) is 0 Å². The monoisotopic (exact) mass is 285 g/mol. The van der Waals surface area contributed by atoms with Crippen molar-refractivity contribution in [1.29, 1.82) is 0 Å². The molecule has 1 aliphatic rings. The minimum Gasteiger partial charge on any atom is -0.353 e. The molecule has 0 bridgehead atoms. The molecule has 1 saturated carbocycles. The summed E-state index contributed by atoms with van der Waals surface area (Å²) in [6.45, 7) is 2.60. The molecule has 0 aliphatic heterocycles. The predicted molar refractivity (Wildman–Crippen MR) is 72.3 cm³/mol. The molecular weight excluding hydrogens is 267 g/mol. The molecule has 2 N–H and O–H groups in total. The van der Waals surface area contributed by atoms with Crippen molar-refractivity contribution < 1.29 is 13.2 Å². The first-order chi connectivity index (χ1) is 9.40. The minimum atomic E-state index is -4.29. The van der Waals surface area contributed by atoms with E-state index in [1.54, 1.807) is 7.05 Å². The number of aliphatic imine (C=N–C) groups is 1. The van der Waals surface area contributed by atoms with Crippen LogP contribution in [0.5, 0.6) is 0 Å². The van der Waals surface area contributed by atoms with Gasteiger partial charge >= 0.3 is 6.18 Å². The summed E-state index contributed by atoms with van der Waals surface area (Å²) in [5.74, 6) is 1.33. The molecule has 0 radical (unpaired) electrons. The van der Waals surface area contributed by atoms with Crippen molar-refractivity contribution in [3.05, 3.63) is 35.4 Å². The van der Waals surface area contributed by atoms with Crippen LogP contribution in [-0.4, -0.2) is 19.0 Å². The van der Waals surface area contributed by atoms with Gasteiger partial charge in [0.2, 0.25) is 0 Å². The number of halogens is 3. The molecule has 2 unspecified atom stereocenters. The average molecular weight is 285 g/mol. The Labute approximate surface area is 116 Å². The van der Waals surface area contributed by atoms with E-state index in [0.29, 0.717) is 24.5 Å². The van der Waals surface area contributed by atoms with E-state index in [0.717, 1.165) is 24.1 Å². The number of benzene rings is 1. The predicted octanol–water partition coefficient (Wildman–Crippen LogP) is 2.78. The number of nitrogens with zero attached hydrogens (tertiary/aromatic N) is 1. The molecule has 110 valence electrons. The molecule has 1 aliphatic carbocycles.